The topological polar surface area (TPSA) is 48.0 Å². The van der Waals surface area contributed by atoms with Crippen LogP contribution in [0, 0.1) is 0 Å². The fourth-order valence-corrected chi connectivity index (χ4v) is 1.76. The fourth-order valence-electron chi connectivity index (χ4n) is 1.76. The molecule has 0 fully saturated rings. The summed E-state index contributed by atoms with van der Waals surface area (Å²) < 4.78 is 6.99. The first-order chi connectivity index (χ1) is 8.25. The highest BCUT2D eigenvalue weighted by molar-refractivity contribution is 5.78. The molecule has 0 aromatic carbocycles. The Morgan fingerprint density at radius 3 is 2.82 bits per heavy atom. The minimum atomic E-state index is 0.266. The van der Waals surface area contributed by atoms with Crippen LogP contribution in [0.4, 0.5) is 0 Å². The molecule has 0 aliphatic heterocycles. The van der Waals surface area contributed by atoms with Gasteiger partial charge >= 0.3 is 0 Å². The van der Waals surface area contributed by atoms with E-state index in [1.807, 2.05) is 25.2 Å². The van der Waals surface area contributed by atoms with E-state index in [4.69, 9.17) is 4.42 Å². The van der Waals surface area contributed by atoms with Gasteiger partial charge in [0.05, 0.1) is 6.26 Å². The van der Waals surface area contributed by atoms with Crippen LogP contribution in [0.5, 0.6) is 0 Å². The van der Waals surface area contributed by atoms with Gasteiger partial charge in [-0.15, -0.1) is 0 Å². The first-order valence-electron chi connectivity index (χ1n) is 5.76. The summed E-state index contributed by atoms with van der Waals surface area (Å²) in [6, 6.07) is 5.68. The van der Waals surface area contributed by atoms with Gasteiger partial charge < -0.3 is 4.42 Å². The largest absolute Gasteiger partial charge is 0.469 e. The summed E-state index contributed by atoms with van der Waals surface area (Å²) >= 11 is 0. The number of hydrogen-bond donors (Lipinski definition) is 0. The summed E-state index contributed by atoms with van der Waals surface area (Å²) in [6.45, 7) is 0. The van der Waals surface area contributed by atoms with Crippen molar-refractivity contribution in [3.63, 3.8) is 0 Å². The van der Waals surface area contributed by atoms with Crippen molar-refractivity contribution in [1.82, 2.24) is 9.78 Å². The molecular formula is C13H16N2O2. The van der Waals surface area contributed by atoms with Gasteiger partial charge in [0.1, 0.15) is 11.5 Å². The second-order valence-corrected chi connectivity index (χ2v) is 4.06. The minimum Gasteiger partial charge on any atom is -0.469 e. The number of carbonyl (C=O) groups excluding carboxylic acids is 1. The molecule has 0 unspecified atom stereocenters. The SMILES string of the molecule is Cn1nccc1CCC(=O)CCc1ccco1. The van der Waals surface area contributed by atoms with E-state index in [9.17, 15) is 4.79 Å². The Labute approximate surface area is 100 Å². The van der Waals surface area contributed by atoms with Gasteiger partial charge in [-0.1, -0.05) is 0 Å². The van der Waals surface area contributed by atoms with Crippen LogP contribution in [0.3, 0.4) is 0 Å². The van der Waals surface area contributed by atoms with Crippen LogP contribution in [0.2, 0.25) is 0 Å². The molecule has 2 rings (SSSR count). The lowest BCUT2D eigenvalue weighted by atomic mass is 10.1. The first-order valence-corrected chi connectivity index (χ1v) is 5.76. The molecule has 90 valence electrons. The Bertz CT molecular complexity index is 471. The number of Topliss-reactive ketones (excluding diaryl/α,β-unsaturated/α-hetero) is 1. The van der Waals surface area contributed by atoms with E-state index in [1.165, 1.54) is 0 Å². The van der Waals surface area contributed by atoms with Gasteiger partial charge in [0.25, 0.3) is 0 Å². The van der Waals surface area contributed by atoms with Crippen molar-refractivity contribution in [3.8, 4) is 0 Å². The van der Waals surface area contributed by atoms with Crippen LogP contribution in [0.15, 0.2) is 35.1 Å². The molecule has 0 amide bonds. The van der Waals surface area contributed by atoms with Crippen LogP contribution in [-0.4, -0.2) is 15.6 Å². The summed E-state index contributed by atoms with van der Waals surface area (Å²) in [5.74, 6) is 1.14. The van der Waals surface area contributed by atoms with Crippen LogP contribution in [-0.2, 0) is 24.7 Å². The normalized spacial score (nSPS) is 10.6. The summed E-state index contributed by atoms with van der Waals surface area (Å²) in [4.78, 5) is 11.7. The van der Waals surface area contributed by atoms with Crippen molar-refractivity contribution in [2.24, 2.45) is 7.05 Å². The maximum atomic E-state index is 11.7. The van der Waals surface area contributed by atoms with E-state index in [-0.39, 0.29) is 5.78 Å². The van der Waals surface area contributed by atoms with Gasteiger partial charge in [-0.05, 0) is 24.6 Å². The van der Waals surface area contributed by atoms with Crippen LogP contribution in [0.1, 0.15) is 24.3 Å². The third kappa shape index (κ3) is 3.31. The predicted octanol–water partition coefficient (Wildman–Crippen LogP) is 2.15. The van der Waals surface area contributed by atoms with Crippen molar-refractivity contribution < 1.29 is 9.21 Å². The molecule has 0 bridgehead atoms. The lowest BCUT2D eigenvalue weighted by Gasteiger charge is -2.01. The van der Waals surface area contributed by atoms with Gasteiger partial charge in [-0.3, -0.25) is 9.48 Å². The molecule has 0 aliphatic carbocycles. The lowest BCUT2D eigenvalue weighted by Crippen LogP contribution is -2.05. The molecule has 0 spiro atoms. The molecule has 0 N–H and O–H groups in total. The first kappa shape index (κ1) is 11.6. The molecule has 0 aliphatic rings. The third-order valence-electron chi connectivity index (χ3n) is 2.81. The quantitative estimate of drug-likeness (QED) is 0.766. The third-order valence-corrected chi connectivity index (χ3v) is 2.81. The Hall–Kier alpha value is -1.84. The molecule has 4 heteroatoms. The van der Waals surface area contributed by atoms with Gasteiger partial charge in [-0.25, -0.2) is 0 Å². The second-order valence-electron chi connectivity index (χ2n) is 4.06. The molecular weight excluding hydrogens is 216 g/mol. The highest BCUT2D eigenvalue weighted by atomic mass is 16.3. The van der Waals surface area contributed by atoms with Crippen molar-refractivity contribution in [1.29, 1.82) is 0 Å². The maximum Gasteiger partial charge on any atom is 0.133 e. The standard InChI is InChI=1S/C13H16N2O2/c1-15-11(8-9-14-15)4-5-12(16)6-7-13-3-2-10-17-13/h2-3,8-10H,4-7H2,1H3. The van der Waals surface area contributed by atoms with Gasteiger partial charge in [0.2, 0.25) is 0 Å². The Balaban J connectivity index is 1.73. The lowest BCUT2D eigenvalue weighted by molar-refractivity contribution is -0.119. The maximum absolute atomic E-state index is 11.7. The van der Waals surface area contributed by atoms with E-state index in [0.29, 0.717) is 19.3 Å². The van der Waals surface area contributed by atoms with E-state index >= 15 is 0 Å². The number of hydrogen-bond acceptors (Lipinski definition) is 3. The van der Waals surface area contributed by atoms with Crippen molar-refractivity contribution in [2.75, 3.05) is 0 Å². The van der Waals surface area contributed by atoms with Crippen molar-refractivity contribution >= 4 is 5.78 Å². The second kappa shape index (κ2) is 5.48. The molecule has 4 nitrogen and oxygen atoms in total. The molecule has 2 aromatic heterocycles. The summed E-state index contributed by atoms with van der Waals surface area (Å²) in [7, 11) is 1.89. The van der Waals surface area contributed by atoms with E-state index in [2.05, 4.69) is 5.10 Å². The van der Waals surface area contributed by atoms with Crippen LogP contribution >= 0.6 is 0 Å². The predicted molar refractivity (Wildman–Crippen MR) is 63.6 cm³/mol. The summed E-state index contributed by atoms with van der Waals surface area (Å²) in [5.41, 5.74) is 1.09. The number of aromatic nitrogens is 2. The molecule has 17 heavy (non-hydrogen) atoms. The smallest absolute Gasteiger partial charge is 0.133 e. The Kier molecular flexibility index (Phi) is 3.75. The van der Waals surface area contributed by atoms with E-state index in [1.54, 1.807) is 17.1 Å². The average Bonchev–Trinajstić information content (AvgIpc) is 2.95. The number of rotatable bonds is 6. The van der Waals surface area contributed by atoms with Gasteiger partial charge in [0.15, 0.2) is 0 Å². The number of carbonyl (C=O) groups is 1. The fraction of sp³-hybridized carbons (Fsp3) is 0.385. The number of ketones is 1. The van der Waals surface area contributed by atoms with Gasteiger partial charge in [-0.2, -0.15) is 5.10 Å². The highest BCUT2D eigenvalue weighted by Gasteiger charge is 2.06. The molecule has 0 saturated heterocycles. The zero-order chi connectivity index (χ0) is 12.1. The van der Waals surface area contributed by atoms with E-state index in [0.717, 1.165) is 17.9 Å². The zero-order valence-corrected chi connectivity index (χ0v) is 9.93. The number of furan rings is 1. The minimum absolute atomic E-state index is 0.266. The van der Waals surface area contributed by atoms with Gasteiger partial charge in [0, 0.05) is 38.2 Å². The van der Waals surface area contributed by atoms with Crippen molar-refractivity contribution in [2.45, 2.75) is 25.7 Å². The molecule has 0 atom stereocenters. The Morgan fingerprint density at radius 1 is 1.35 bits per heavy atom. The summed E-state index contributed by atoms with van der Waals surface area (Å²) in [6.07, 6.45) is 5.95. The molecule has 0 radical (unpaired) electrons. The molecule has 2 heterocycles. The summed E-state index contributed by atoms with van der Waals surface area (Å²) in [5, 5.41) is 4.07. The Morgan fingerprint density at radius 2 is 2.18 bits per heavy atom. The number of nitrogens with zero attached hydrogens (tertiary/aromatic N) is 2. The molecule has 2 aromatic rings. The zero-order valence-electron chi connectivity index (χ0n) is 9.93. The van der Waals surface area contributed by atoms with Crippen molar-refractivity contribution in [3.05, 3.63) is 42.1 Å². The molecule has 0 saturated carbocycles. The van der Waals surface area contributed by atoms with Crippen LogP contribution in [0.25, 0.3) is 0 Å². The van der Waals surface area contributed by atoms with E-state index < -0.39 is 0 Å². The number of aryl methyl sites for hydroxylation is 3. The highest BCUT2D eigenvalue weighted by Crippen LogP contribution is 2.07. The average molecular weight is 232 g/mol. The monoisotopic (exact) mass is 232 g/mol. The van der Waals surface area contributed by atoms with Crippen LogP contribution < -0.4 is 0 Å².